The van der Waals surface area contributed by atoms with Crippen molar-refractivity contribution in [1.29, 1.82) is 5.26 Å². The van der Waals surface area contributed by atoms with Gasteiger partial charge in [-0.1, -0.05) is 29.8 Å². The summed E-state index contributed by atoms with van der Waals surface area (Å²) in [7, 11) is 0. The van der Waals surface area contributed by atoms with Gasteiger partial charge in [0, 0.05) is 37.7 Å². The Morgan fingerprint density at radius 3 is 2.67 bits per heavy atom. The van der Waals surface area contributed by atoms with E-state index in [1.807, 2.05) is 66.3 Å². The number of hydrogen-bond acceptors (Lipinski definition) is 6. The molecule has 7 nitrogen and oxygen atoms in total. The quantitative estimate of drug-likeness (QED) is 0.453. The standard InChI is InChI=1S/C25H24ClN7/c1-18-29-24(23-16-28-33(25(23)30-18)22-5-2-4-21(26)14-22)32-11-3-10-31(12-13-32)17-20-8-6-19(15-27)7-9-20/h2,4-9,14,16H,3,10-13,17H2,1H3. The first kappa shape index (κ1) is 21.4. The van der Waals surface area contributed by atoms with E-state index >= 15 is 0 Å². The second-order valence-electron chi connectivity index (χ2n) is 8.29. The van der Waals surface area contributed by atoms with E-state index in [2.05, 4.69) is 21.0 Å². The fourth-order valence-corrected chi connectivity index (χ4v) is 4.51. The maximum absolute atomic E-state index is 9.01. The molecule has 0 bridgehead atoms. The maximum atomic E-state index is 9.01. The minimum Gasteiger partial charge on any atom is -0.355 e. The largest absolute Gasteiger partial charge is 0.355 e. The zero-order chi connectivity index (χ0) is 22.8. The lowest BCUT2D eigenvalue weighted by molar-refractivity contribution is 0.285. The van der Waals surface area contributed by atoms with Crippen LogP contribution in [0.2, 0.25) is 5.02 Å². The number of rotatable bonds is 4. The van der Waals surface area contributed by atoms with Gasteiger partial charge in [0.05, 0.1) is 28.9 Å². The van der Waals surface area contributed by atoms with Crippen LogP contribution in [-0.2, 0) is 6.54 Å². The molecule has 2 aromatic carbocycles. The van der Waals surface area contributed by atoms with Crippen molar-refractivity contribution in [2.24, 2.45) is 0 Å². The number of nitrogens with zero attached hydrogens (tertiary/aromatic N) is 7. The molecule has 5 rings (SSSR count). The Kier molecular flexibility index (Phi) is 5.95. The molecule has 2 aromatic heterocycles. The number of anilines is 1. The molecule has 1 aliphatic heterocycles. The molecule has 1 aliphatic rings. The zero-order valence-corrected chi connectivity index (χ0v) is 19.2. The van der Waals surface area contributed by atoms with Crippen molar-refractivity contribution >= 4 is 28.5 Å². The zero-order valence-electron chi connectivity index (χ0n) is 18.4. The summed E-state index contributed by atoms with van der Waals surface area (Å²) < 4.78 is 1.83. The number of nitriles is 1. The van der Waals surface area contributed by atoms with Crippen molar-refractivity contribution in [2.75, 3.05) is 31.1 Å². The van der Waals surface area contributed by atoms with Gasteiger partial charge in [0.2, 0.25) is 0 Å². The average molecular weight is 458 g/mol. The summed E-state index contributed by atoms with van der Waals surface area (Å²) in [6.45, 7) is 6.57. The predicted octanol–water partition coefficient (Wildman–Crippen LogP) is 4.36. The second-order valence-corrected chi connectivity index (χ2v) is 8.73. The van der Waals surface area contributed by atoms with Gasteiger partial charge in [0.25, 0.3) is 0 Å². The molecule has 0 aliphatic carbocycles. The summed E-state index contributed by atoms with van der Waals surface area (Å²) in [5.74, 6) is 1.66. The first-order valence-electron chi connectivity index (χ1n) is 11.1. The summed E-state index contributed by atoms with van der Waals surface area (Å²) in [6, 6.07) is 17.7. The highest BCUT2D eigenvalue weighted by atomic mass is 35.5. The van der Waals surface area contributed by atoms with E-state index in [-0.39, 0.29) is 0 Å². The molecule has 0 unspecified atom stereocenters. The van der Waals surface area contributed by atoms with Gasteiger partial charge in [0.15, 0.2) is 5.65 Å². The number of aryl methyl sites for hydroxylation is 1. The molecule has 8 heteroatoms. The van der Waals surface area contributed by atoms with Gasteiger partial charge in [-0.05, 0) is 49.2 Å². The molecule has 0 saturated carbocycles. The highest BCUT2D eigenvalue weighted by Crippen LogP contribution is 2.27. The molecule has 0 N–H and O–H groups in total. The summed E-state index contributed by atoms with van der Waals surface area (Å²) >= 11 is 6.20. The Balaban J connectivity index is 1.38. The van der Waals surface area contributed by atoms with Crippen LogP contribution in [0.5, 0.6) is 0 Å². The van der Waals surface area contributed by atoms with E-state index in [0.29, 0.717) is 10.6 Å². The summed E-state index contributed by atoms with van der Waals surface area (Å²) in [4.78, 5) is 14.3. The fourth-order valence-electron chi connectivity index (χ4n) is 4.32. The van der Waals surface area contributed by atoms with Crippen molar-refractivity contribution in [2.45, 2.75) is 19.9 Å². The van der Waals surface area contributed by atoms with Gasteiger partial charge in [-0.2, -0.15) is 10.4 Å². The predicted molar refractivity (Wildman–Crippen MR) is 130 cm³/mol. The van der Waals surface area contributed by atoms with Crippen molar-refractivity contribution in [3.63, 3.8) is 0 Å². The lowest BCUT2D eigenvalue weighted by Crippen LogP contribution is -2.31. The average Bonchev–Trinajstić information content (AvgIpc) is 3.10. The van der Waals surface area contributed by atoms with Gasteiger partial charge in [0.1, 0.15) is 11.6 Å². The molecule has 33 heavy (non-hydrogen) atoms. The van der Waals surface area contributed by atoms with Gasteiger partial charge < -0.3 is 4.90 Å². The number of hydrogen-bond donors (Lipinski definition) is 0. The van der Waals surface area contributed by atoms with Crippen LogP contribution in [0.25, 0.3) is 16.7 Å². The van der Waals surface area contributed by atoms with E-state index in [4.69, 9.17) is 26.8 Å². The van der Waals surface area contributed by atoms with Crippen molar-refractivity contribution in [1.82, 2.24) is 24.6 Å². The van der Waals surface area contributed by atoms with Gasteiger partial charge >= 0.3 is 0 Å². The lowest BCUT2D eigenvalue weighted by atomic mass is 10.1. The van der Waals surface area contributed by atoms with Gasteiger partial charge in [-0.3, -0.25) is 4.90 Å². The third-order valence-corrected chi connectivity index (χ3v) is 6.19. The van der Waals surface area contributed by atoms with Crippen LogP contribution in [0.15, 0.2) is 54.7 Å². The van der Waals surface area contributed by atoms with Crippen LogP contribution >= 0.6 is 11.6 Å². The molecule has 1 fully saturated rings. The van der Waals surface area contributed by atoms with Crippen LogP contribution < -0.4 is 4.90 Å². The van der Waals surface area contributed by atoms with Crippen LogP contribution in [-0.4, -0.2) is 50.8 Å². The van der Waals surface area contributed by atoms with Crippen molar-refractivity contribution in [3.8, 4) is 11.8 Å². The van der Waals surface area contributed by atoms with Crippen LogP contribution in [0.4, 0.5) is 5.82 Å². The molecule has 0 atom stereocenters. The minimum atomic E-state index is 0.664. The Bertz CT molecular complexity index is 1320. The molecule has 0 amide bonds. The molecule has 4 aromatic rings. The van der Waals surface area contributed by atoms with Gasteiger partial charge in [-0.25, -0.2) is 14.6 Å². The molecular formula is C25H24ClN7. The molecule has 166 valence electrons. The maximum Gasteiger partial charge on any atom is 0.168 e. The Labute approximate surface area is 197 Å². The Hall–Kier alpha value is -3.47. The first-order chi connectivity index (χ1) is 16.1. The summed E-state index contributed by atoms with van der Waals surface area (Å²) in [5.41, 5.74) is 3.59. The Morgan fingerprint density at radius 1 is 1.03 bits per heavy atom. The second kappa shape index (κ2) is 9.18. The molecule has 0 radical (unpaired) electrons. The molecular weight excluding hydrogens is 434 g/mol. The van der Waals surface area contributed by atoms with E-state index in [1.165, 1.54) is 5.56 Å². The highest BCUT2D eigenvalue weighted by molar-refractivity contribution is 6.30. The van der Waals surface area contributed by atoms with Crippen LogP contribution in [0.3, 0.4) is 0 Å². The molecule has 3 heterocycles. The Morgan fingerprint density at radius 2 is 1.88 bits per heavy atom. The van der Waals surface area contributed by atoms with E-state index in [9.17, 15) is 0 Å². The minimum absolute atomic E-state index is 0.664. The lowest BCUT2D eigenvalue weighted by Gasteiger charge is -2.23. The van der Waals surface area contributed by atoms with Crippen molar-refractivity contribution < 1.29 is 0 Å². The van der Waals surface area contributed by atoms with E-state index in [1.54, 1.807) is 0 Å². The monoisotopic (exact) mass is 457 g/mol. The smallest absolute Gasteiger partial charge is 0.168 e. The third-order valence-electron chi connectivity index (χ3n) is 5.95. The van der Waals surface area contributed by atoms with Crippen LogP contribution in [0, 0.1) is 18.3 Å². The van der Waals surface area contributed by atoms with E-state index in [0.717, 1.165) is 67.5 Å². The summed E-state index contributed by atoms with van der Waals surface area (Å²) in [5, 5.41) is 15.2. The third kappa shape index (κ3) is 4.54. The number of aromatic nitrogens is 4. The number of halogens is 1. The highest BCUT2D eigenvalue weighted by Gasteiger charge is 2.21. The van der Waals surface area contributed by atoms with Crippen LogP contribution in [0.1, 0.15) is 23.4 Å². The summed E-state index contributed by atoms with van der Waals surface area (Å²) in [6.07, 6.45) is 2.90. The van der Waals surface area contributed by atoms with Gasteiger partial charge in [-0.15, -0.1) is 0 Å². The SMILES string of the molecule is Cc1nc(N2CCCN(Cc3ccc(C#N)cc3)CC2)c2cnn(-c3cccc(Cl)c3)c2n1. The fraction of sp³-hybridized carbons (Fsp3) is 0.280. The first-order valence-corrected chi connectivity index (χ1v) is 11.4. The molecule has 0 spiro atoms. The molecule has 1 saturated heterocycles. The normalized spacial score (nSPS) is 14.9. The number of benzene rings is 2. The van der Waals surface area contributed by atoms with Crippen molar-refractivity contribution in [3.05, 3.63) is 76.7 Å². The number of fused-ring (bicyclic) bond motifs is 1. The van der Waals surface area contributed by atoms with E-state index < -0.39 is 0 Å². The topological polar surface area (TPSA) is 73.9 Å².